The van der Waals surface area contributed by atoms with Gasteiger partial charge in [-0.2, -0.15) is 0 Å². The first-order valence-corrected chi connectivity index (χ1v) is 7.66. The van der Waals surface area contributed by atoms with Crippen LogP contribution in [0.15, 0.2) is 24.3 Å². The third-order valence-corrected chi connectivity index (χ3v) is 4.47. The van der Waals surface area contributed by atoms with E-state index in [0.29, 0.717) is 5.92 Å². The Balaban J connectivity index is 1.83. The zero-order valence-electron chi connectivity index (χ0n) is 12.7. The number of aliphatic hydroxyl groups is 1. The highest BCUT2D eigenvalue weighted by Crippen LogP contribution is 2.31. The van der Waals surface area contributed by atoms with E-state index < -0.39 is 0 Å². The molecule has 0 aliphatic heterocycles. The molecule has 1 aromatic rings. The Morgan fingerprint density at radius 3 is 2.70 bits per heavy atom. The number of methoxy groups -OCH3 is 1. The SMILES string of the molecule is COc1ccc(CCNC2(CO)CCCC(C)C2)cc1. The van der Waals surface area contributed by atoms with Crippen molar-refractivity contribution in [1.29, 1.82) is 0 Å². The fourth-order valence-corrected chi connectivity index (χ4v) is 3.28. The molecule has 0 saturated heterocycles. The summed E-state index contributed by atoms with van der Waals surface area (Å²) in [6.45, 7) is 3.45. The molecule has 0 heterocycles. The van der Waals surface area contributed by atoms with E-state index in [4.69, 9.17) is 4.74 Å². The van der Waals surface area contributed by atoms with Gasteiger partial charge < -0.3 is 15.2 Å². The number of hydrogen-bond donors (Lipinski definition) is 2. The molecule has 0 amide bonds. The van der Waals surface area contributed by atoms with E-state index >= 15 is 0 Å². The first-order chi connectivity index (χ1) is 9.67. The van der Waals surface area contributed by atoms with Gasteiger partial charge in [0.2, 0.25) is 0 Å². The summed E-state index contributed by atoms with van der Waals surface area (Å²) in [5.74, 6) is 1.61. The van der Waals surface area contributed by atoms with Crippen molar-refractivity contribution in [2.45, 2.75) is 44.6 Å². The van der Waals surface area contributed by atoms with Crippen molar-refractivity contribution < 1.29 is 9.84 Å². The van der Waals surface area contributed by atoms with Gasteiger partial charge in [-0.05, 0) is 49.4 Å². The second-order valence-corrected chi connectivity index (χ2v) is 6.16. The Bertz CT molecular complexity index is 404. The van der Waals surface area contributed by atoms with Crippen molar-refractivity contribution in [2.24, 2.45) is 5.92 Å². The Morgan fingerprint density at radius 2 is 2.10 bits per heavy atom. The van der Waals surface area contributed by atoms with Crippen LogP contribution in [-0.4, -0.2) is 30.9 Å². The highest BCUT2D eigenvalue weighted by Gasteiger charge is 2.33. The first-order valence-electron chi connectivity index (χ1n) is 7.66. The van der Waals surface area contributed by atoms with Crippen LogP contribution in [0.4, 0.5) is 0 Å². The standard InChI is InChI=1S/C17H27NO2/c1-14-4-3-10-17(12-14,13-19)18-11-9-15-5-7-16(20-2)8-6-15/h5-8,14,18-19H,3-4,9-13H2,1-2H3. The van der Waals surface area contributed by atoms with Gasteiger partial charge in [0.05, 0.1) is 13.7 Å². The number of rotatable bonds is 6. The lowest BCUT2D eigenvalue weighted by molar-refractivity contribution is 0.100. The molecule has 0 spiro atoms. The fraction of sp³-hybridized carbons (Fsp3) is 0.647. The van der Waals surface area contributed by atoms with Crippen LogP contribution in [-0.2, 0) is 6.42 Å². The van der Waals surface area contributed by atoms with Gasteiger partial charge in [0.1, 0.15) is 5.75 Å². The summed E-state index contributed by atoms with van der Waals surface area (Å²) in [6.07, 6.45) is 5.68. The summed E-state index contributed by atoms with van der Waals surface area (Å²) in [7, 11) is 1.69. The van der Waals surface area contributed by atoms with Crippen LogP contribution in [0.25, 0.3) is 0 Å². The van der Waals surface area contributed by atoms with Gasteiger partial charge in [0.15, 0.2) is 0 Å². The molecule has 0 bridgehead atoms. The molecule has 2 unspecified atom stereocenters. The first kappa shape index (κ1) is 15.3. The molecule has 20 heavy (non-hydrogen) atoms. The minimum absolute atomic E-state index is 0.0515. The lowest BCUT2D eigenvalue weighted by atomic mass is 9.77. The number of ether oxygens (including phenoxy) is 1. The molecule has 0 aromatic heterocycles. The second kappa shape index (κ2) is 7.09. The van der Waals surface area contributed by atoms with Gasteiger partial charge >= 0.3 is 0 Å². The molecule has 1 aliphatic rings. The van der Waals surface area contributed by atoms with Crippen LogP contribution in [0, 0.1) is 5.92 Å². The maximum Gasteiger partial charge on any atom is 0.118 e. The third-order valence-electron chi connectivity index (χ3n) is 4.47. The third kappa shape index (κ3) is 3.97. The summed E-state index contributed by atoms with van der Waals surface area (Å²) in [4.78, 5) is 0. The molecule has 2 N–H and O–H groups in total. The van der Waals surface area contributed by atoms with E-state index in [-0.39, 0.29) is 12.1 Å². The maximum atomic E-state index is 9.75. The van der Waals surface area contributed by atoms with E-state index in [1.54, 1.807) is 7.11 Å². The van der Waals surface area contributed by atoms with Crippen molar-refractivity contribution in [3.05, 3.63) is 29.8 Å². The quantitative estimate of drug-likeness (QED) is 0.840. The van der Waals surface area contributed by atoms with Crippen LogP contribution in [0.1, 0.15) is 38.2 Å². The summed E-state index contributed by atoms with van der Waals surface area (Å²) in [6, 6.07) is 8.21. The maximum absolute atomic E-state index is 9.75. The molecule has 2 atom stereocenters. The van der Waals surface area contributed by atoms with Gasteiger partial charge in [-0.1, -0.05) is 31.9 Å². The summed E-state index contributed by atoms with van der Waals surface area (Å²) in [5, 5.41) is 13.4. The summed E-state index contributed by atoms with van der Waals surface area (Å²) < 4.78 is 5.17. The molecule has 112 valence electrons. The van der Waals surface area contributed by atoms with E-state index in [9.17, 15) is 5.11 Å². The van der Waals surface area contributed by atoms with Crippen molar-refractivity contribution in [3.63, 3.8) is 0 Å². The Kier molecular flexibility index (Phi) is 5.44. The highest BCUT2D eigenvalue weighted by molar-refractivity contribution is 5.27. The highest BCUT2D eigenvalue weighted by atomic mass is 16.5. The minimum Gasteiger partial charge on any atom is -0.497 e. The zero-order chi connectivity index (χ0) is 14.4. The Hall–Kier alpha value is -1.06. The number of benzene rings is 1. The average Bonchev–Trinajstić information content (AvgIpc) is 2.48. The average molecular weight is 277 g/mol. The van der Waals surface area contributed by atoms with E-state index in [2.05, 4.69) is 24.4 Å². The summed E-state index contributed by atoms with van der Waals surface area (Å²) >= 11 is 0. The topological polar surface area (TPSA) is 41.5 Å². The molecule has 2 rings (SSSR count). The summed E-state index contributed by atoms with van der Waals surface area (Å²) in [5.41, 5.74) is 1.25. The van der Waals surface area contributed by atoms with Crippen molar-refractivity contribution in [2.75, 3.05) is 20.3 Å². The lowest BCUT2D eigenvalue weighted by Crippen LogP contribution is -2.52. The van der Waals surface area contributed by atoms with Crippen LogP contribution in [0.2, 0.25) is 0 Å². The van der Waals surface area contributed by atoms with Gasteiger partial charge in [-0.25, -0.2) is 0 Å². The van der Waals surface area contributed by atoms with Gasteiger partial charge in [0, 0.05) is 5.54 Å². The van der Waals surface area contributed by atoms with Crippen LogP contribution >= 0.6 is 0 Å². The normalized spacial score (nSPS) is 26.4. The van der Waals surface area contributed by atoms with E-state index in [0.717, 1.165) is 31.6 Å². The van der Waals surface area contributed by atoms with Crippen LogP contribution in [0.5, 0.6) is 5.75 Å². The molecule has 1 saturated carbocycles. The minimum atomic E-state index is -0.0515. The number of aliphatic hydroxyl groups excluding tert-OH is 1. The van der Waals surface area contributed by atoms with Crippen molar-refractivity contribution in [1.82, 2.24) is 5.32 Å². The van der Waals surface area contributed by atoms with Crippen molar-refractivity contribution in [3.8, 4) is 5.75 Å². The number of nitrogens with one attached hydrogen (secondary N) is 1. The monoisotopic (exact) mass is 277 g/mol. The fourth-order valence-electron chi connectivity index (χ4n) is 3.28. The Labute approximate surface area is 122 Å². The van der Waals surface area contributed by atoms with Crippen molar-refractivity contribution >= 4 is 0 Å². The van der Waals surface area contributed by atoms with Gasteiger partial charge in [-0.15, -0.1) is 0 Å². The lowest BCUT2D eigenvalue weighted by Gasteiger charge is -2.39. The molecule has 3 heteroatoms. The van der Waals surface area contributed by atoms with Crippen LogP contribution < -0.4 is 10.1 Å². The van der Waals surface area contributed by atoms with E-state index in [1.807, 2.05) is 12.1 Å². The van der Waals surface area contributed by atoms with Gasteiger partial charge in [0.25, 0.3) is 0 Å². The molecular weight excluding hydrogens is 250 g/mol. The predicted molar refractivity (Wildman–Crippen MR) is 82.1 cm³/mol. The smallest absolute Gasteiger partial charge is 0.118 e. The molecular formula is C17H27NO2. The van der Waals surface area contributed by atoms with E-state index in [1.165, 1.54) is 18.4 Å². The number of hydrogen-bond acceptors (Lipinski definition) is 3. The van der Waals surface area contributed by atoms with Crippen LogP contribution in [0.3, 0.4) is 0 Å². The second-order valence-electron chi connectivity index (χ2n) is 6.16. The largest absolute Gasteiger partial charge is 0.497 e. The zero-order valence-corrected chi connectivity index (χ0v) is 12.7. The Morgan fingerprint density at radius 1 is 1.35 bits per heavy atom. The molecule has 1 fully saturated rings. The molecule has 1 aromatic carbocycles. The predicted octanol–water partition coefficient (Wildman–Crippen LogP) is 2.77. The molecule has 3 nitrogen and oxygen atoms in total. The molecule has 1 aliphatic carbocycles. The van der Waals surface area contributed by atoms with Gasteiger partial charge in [-0.3, -0.25) is 0 Å². The molecule has 0 radical (unpaired) electrons.